The molecule has 1 unspecified atom stereocenters. The quantitative estimate of drug-likeness (QED) is 0.0343. The molecule has 10 nitrogen and oxygen atoms in total. The van der Waals surface area contributed by atoms with E-state index in [1.807, 2.05) is 0 Å². The molecule has 358 valence electrons. The Morgan fingerprint density at radius 1 is 0.400 bits per heavy atom. The van der Waals surface area contributed by atoms with Crippen molar-refractivity contribution >= 4 is 19.8 Å². The number of carbonyl (C=O) groups is 2. The molecule has 2 atom stereocenters. The SMILES string of the molecule is CCCCCCCCCCCCCCCC(=O)OC[C@H](COP(=O)(OCCN)OCCCCCCCCCCCCN)OC(=O)CCCCCCCCCCCCCCC. The number of carbonyl (C=O) groups excluding carboxylic acids is 2. The Morgan fingerprint density at radius 3 is 1.15 bits per heavy atom. The van der Waals surface area contributed by atoms with E-state index in [1.165, 1.54) is 167 Å². The minimum absolute atomic E-state index is 0.000169. The van der Waals surface area contributed by atoms with Gasteiger partial charge in [-0.2, -0.15) is 0 Å². The number of ether oxygens (including phenoxy) is 2. The predicted octanol–water partition coefficient (Wildman–Crippen LogP) is 14.4. The van der Waals surface area contributed by atoms with Crippen LogP contribution in [0.5, 0.6) is 0 Å². The van der Waals surface area contributed by atoms with Crippen molar-refractivity contribution in [1.82, 2.24) is 0 Å². The van der Waals surface area contributed by atoms with Crippen molar-refractivity contribution in [3.63, 3.8) is 0 Å². The van der Waals surface area contributed by atoms with Crippen molar-refractivity contribution in [3.05, 3.63) is 0 Å². The standard InChI is InChI=1S/C49H99N2O8P/c1-3-5-7-9-11-13-15-17-19-23-27-31-35-39-48(52)55-45-47(59-49(53)40-36-32-28-24-20-18-16-14-12-10-8-6-4-2)46-58-60(54,57-44-42-51)56-43-38-34-30-26-22-21-25-29-33-37-41-50/h47H,3-46,50-51H2,1-2H3/t47-,60?/m1/s1. The number of phosphoric acid groups is 1. The Morgan fingerprint density at radius 2 is 0.750 bits per heavy atom. The van der Waals surface area contributed by atoms with Crippen LogP contribution in [0.2, 0.25) is 0 Å². The van der Waals surface area contributed by atoms with Crippen molar-refractivity contribution in [2.24, 2.45) is 11.5 Å². The zero-order chi connectivity index (χ0) is 43.9. The number of hydrogen-bond acceptors (Lipinski definition) is 10. The van der Waals surface area contributed by atoms with Gasteiger partial charge in [0.15, 0.2) is 6.10 Å². The van der Waals surface area contributed by atoms with Crippen LogP contribution in [0, 0.1) is 0 Å². The normalized spacial score (nSPS) is 13.1. The van der Waals surface area contributed by atoms with E-state index in [-0.39, 0.29) is 51.3 Å². The molecule has 0 amide bonds. The fraction of sp³-hybridized carbons (Fsp3) is 0.959. The Kier molecular flexibility index (Phi) is 46.6. The Balaban J connectivity index is 4.72. The molecule has 0 bridgehead atoms. The van der Waals surface area contributed by atoms with Gasteiger partial charge in [-0.15, -0.1) is 0 Å². The first-order valence-electron chi connectivity index (χ1n) is 25.7. The lowest BCUT2D eigenvalue weighted by atomic mass is 10.0. The Hall–Kier alpha value is -1.03. The molecule has 0 fully saturated rings. The third kappa shape index (κ3) is 43.6. The molecule has 0 aromatic rings. The summed E-state index contributed by atoms with van der Waals surface area (Å²) >= 11 is 0. The first-order valence-corrected chi connectivity index (χ1v) is 27.2. The van der Waals surface area contributed by atoms with Crippen molar-refractivity contribution in [1.29, 1.82) is 0 Å². The highest BCUT2D eigenvalue weighted by molar-refractivity contribution is 7.48. The summed E-state index contributed by atoms with van der Waals surface area (Å²) in [5.41, 5.74) is 11.2. The minimum Gasteiger partial charge on any atom is -0.462 e. The van der Waals surface area contributed by atoms with Gasteiger partial charge in [0.25, 0.3) is 0 Å². The number of rotatable bonds is 50. The van der Waals surface area contributed by atoms with E-state index in [0.717, 1.165) is 70.8 Å². The molecule has 0 aromatic heterocycles. The predicted molar refractivity (Wildman–Crippen MR) is 251 cm³/mol. The van der Waals surface area contributed by atoms with E-state index in [1.54, 1.807) is 0 Å². The molecule has 0 spiro atoms. The van der Waals surface area contributed by atoms with Crippen LogP contribution in [0.1, 0.15) is 258 Å². The van der Waals surface area contributed by atoms with E-state index >= 15 is 0 Å². The summed E-state index contributed by atoms with van der Waals surface area (Å²) in [5, 5.41) is 0. The van der Waals surface area contributed by atoms with Gasteiger partial charge in [0.05, 0.1) is 19.8 Å². The molecule has 0 saturated carbocycles. The van der Waals surface area contributed by atoms with E-state index in [2.05, 4.69) is 13.8 Å². The smallest absolute Gasteiger partial charge is 0.462 e. The van der Waals surface area contributed by atoms with E-state index in [4.69, 9.17) is 34.5 Å². The van der Waals surface area contributed by atoms with Gasteiger partial charge in [-0.25, -0.2) is 4.57 Å². The second-order valence-electron chi connectivity index (χ2n) is 17.3. The topological polar surface area (TPSA) is 149 Å². The summed E-state index contributed by atoms with van der Waals surface area (Å²) < 4.78 is 41.7. The minimum atomic E-state index is -3.98. The number of nitrogens with two attached hydrogens (primary N) is 2. The fourth-order valence-corrected chi connectivity index (χ4v) is 8.74. The van der Waals surface area contributed by atoms with Crippen LogP contribution in [-0.2, 0) is 37.2 Å². The molecule has 60 heavy (non-hydrogen) atoms. The van der Waals surface area contributed by atoms with Crippen molar-refractivity contribution < 1.29 is 37.2 Å². The number of unbranched alkanes of at least 4 members (excludes halogenated alkanes) is 33. The highest BCUT2D eigenvalue weighted by Crippen LogP contribution is 2.49. The molecule has 0 aliphatic carbocycles. The average Bonchev–Trinajstić information content (AvgIpc) is 3.24. The lowest BCUT2D eigenvalue weighted by Crippen LogP contribution is -2.30. The highest BCUT2D eigenvalue weighted by Gasteiger charge is 2.29. The van der Waals surface area contributed by atoms with Crippen molar-refractivity contribution in [3.8, 4) is 0 Å². The summed E-state index contributed by atoms with van der Waals surface area (Å²) in [7, 11) is -3.98. The largest absolute Gasteiger partial charge is 0.474 e. The fourth-order valence-electron chi connectivity index (χ4n) is 7.48. The van der Waals surface area contributed by atoms with Crippen LogP contribution in [0.3, 0.4) is 0 Å². The second-order valence-corrected chi connectivity index (χ2v) is 19.0. The van der Waals surface area contributed by atoms with Crippen LogP contribution in [0.15, 0.2) is 0 Å². The molecule has 0 saturated heterocycles. The van der Waals surface area contributed by atoms with Gasteiger partial charge in [0, 0.05) is 19.4 Å². The molecule has 0 aromatic carbocycles. The second kappa shape index (κ2) is 47.4. The van der Waals surface area contributed by atoms with Gasteiger partial charge < -0.3 is 20.9 Å². The third-order valence-corrected chi connectivity index (χ3v) is 12.8. The third-order valence-electron chi connectivity index (χ3n) is 11.3. The van der Waals surface area contributed by atoms with Gasteiger partial charge in [0.1, 0.15) is 6.61 Å². The molecule has 11 heteroatoms. The summed E-state index contributed by atoms with van der Waals surface area (Å²) in [4.78, 5) is 25.6. The van der Waals surface area contributed by atoms with Gasteiger partial charge in [-0.1, -0.05) is 219 Å². The molecule has 4 N–H and O–H groups in total. The molecule has 0 rings (SSSR count). The van der Waals surface area contributed by atoms with Gasteiger partial charge in [-0.3, -0.25) is 23.2 Å². The molecular weight excluding hydrogens is 776 g/mol. The van der Waals surface area contributed by atoms with Crippen molar-refractivity contribution in [2.45, 2.75) is 264 Å². The lowest BCUT2D eigenvalue weighted by molar-refractivity contribution is -0.161. The van der Waals surface area contributed by atoms with Crippen molar-refractivity contribution in [2.75, 3.05) is 39.5 Å². The maximum absolute atomic E-state index is 13.6. The Labute approximate surface area is 370 Å². The first kappa shape index (κ1) is 59.0. The molecule has 0 radical (unpaired) electrons. The average molecular weight is 875 g/mol. The maximum atomic E-state index is 13.6. The van der Waals surface area contributed by atoms with Gasteiger partial charge >= 0.3 is 19.8 Å². The summed E-state index contributed by atoms with van der Waals surface area (Å²) in [6.45, 7) is 5.21. The number of phosphoric ester groups is 1. The maximum Gasteiger partial charge on any atom is 0.474 e. The van der Waals surface area contributed by atoms with E-state index in [0.29, 0.717) is 6.42 Å². The summed E-state index contributed by atoms with van der Waals surface area (Å²) in [6, 6.07) is 0. The van der Waals surface area contributed by atoms with Crippen LogP contribution in [-0.4, -0.2) is 57.6 Å². The molecule has 0 aliphatic heterocycles. The van der Waals surface area contributed by atoms with Gasteiger partial charge in [0.2, 0.25) is 0 Å². The van der Waals surface area contributed by atoms with Crippen LogP contribution in [0.25, 0.3) is 0 Å². The highest BCUT2D eigenvalue weighted by atomic mass is 31.2. The lowest BCUT2D eigenvalue weighted by Gasteiger charge is -2.22. The number of esters is 2. The first-order chi connectivity index (χ1) is 29.4. The van der Waals surface area contributed by atoms with Crippen LogP contribution < -0.4 is 11.5 Å². The zero-order valence-corrected chi connectivity index (χ0v) is 40.5. The van der Waals surface area contributed by atoms with E-state index < -0.39 is 13.9 Å². The molecular formula is C49H99N2O8P. The monoisotopic (exact) mass is 875 g/mol. The van der Waals surface area contributed by atoms with Gasteiger partial charge in [-0.05, 0) is 32.2 Å². The van der Waals surface area contributed by atoms with E-state index in [9.17, 15) is 14.2 Å². The number of hydrogen-bond donors (Lipinski definition) is 2. The van der Waals surface area contributed by atoms with Crippen LogP contribution >= 0.6 is 7.82 Å². The van der Waals surface area contributed by atoms with Crippen LogP contribution in [0.4, 0.5) is 0 Å². The zero-order valence-electron chi connectivity index (χ0n) is 39.6. The summed E-state index contributed by atoms with van der Waals surface area (Å²) in [6.07, 6.45) is 42.9. The Bertz CT molecular complexity index is 958. The molecule has 0 heterocycles. The summed E-state index contributed by atoms with van der Waals surface area (Å²) in [5.74, 6) is -0.713. The molecule has 0 aliphatic rings.